The van der Waals surface area contributed by atoms with Crippen molar-refractivity contribution in [2.45, 2.75) is 34.6 Å². The Kier molecular flexibility index (Phi) is 4.11. The third kappa shape index (κ3) is 3.40. The molecule has 0 amide bonds. The first-order valence-corrected chi connectivity index (χ1v) is 8.16. The molecule has 0 fully saturated rings. The quantitative estimate of drug-likeness (QED) is 0.740. The van der Waals surface area contributed by atoms with Gasteiger partial charge in [-0.1, -0.05) is 20.8 Å². The smallest absolute Gasteiger partial charge is 0.343 e. The minimum Gasteiger partial charge on any atom is -0.507 e. The van der Waals surface area contributed by atoms with Crippen LogP contribution in [0.4, 0.5) is 0 Å². The van der Waals surface area contributed by atoms with Gasteiger partial charge in [-0.05, 0) is 43.5 Å². The Morgan fingerprint density at radius 2 is 1.80 bits per heavy atom. The summed E-state index contributed by atoms with van der Waals surface area (Å²) in [5.41, 5.74) is 0.805. The molecule has 0 radical (unpaired) electrons. The van der Waals surface area contributed by atoms with E-state index in [0.717, 1.165) is 11.1 Å². The Morgan fingerprint density at radius 3 is 2.48 bits per heavy atom. The fourth-order valence-corrected chi connectivity index (χ4v) is 2.49. The number of fused-ring (bicyclic) bond motifs is 1. The second-order valence-corrected chi connectivity index (χ2v) is 7.48. The molecule has 25 heavy (non-hydrogen) atoms. The van der Waals surface area contributed by atoms with Gasteiger partial charge in [0.05, 0.1) is 12.2 Å². The maximum absolute atomic E-state index is 11.8. The topological polar surface area (TPSA) is 72.8 Å². The van der Waals surface area contributed by atoms with Crippen LogP contribution in [0.3, 0.4) is 0 Å². The minimum absolute atomic E-state index is 0.0659. The van der Waals surface area contributed by atoms with Crippen LogP contribution in [0.15, 0.2) is 37.9 Å². The maximum Gasteiger partial charge on any atom is 0.343 e. The van der Waals surface area contributed by atoms with E-state index in [4.69, 9.17) is 13.6 Å². The minimum atomic E-state index is -0.576. The molecule has 0 aliphatic carbocycles. The predicted octanol–water partition coefficient (Wildman–Crippen LogP) is 4.80. The van der Waals surface area contributed by atoms with E-state index in [1.807, 2.05) is 18.2 Å². The molecule has 3 aromatic rings. The molecule has 0 saturated heterocycles. The van der Waals surface area contributed by atoms with Crippen molar-refractivity contribution in [3.63, 3.8) is 0 Å². The average molecular weight is 342 g/mol. The van der Waals surface area contributed by atoms with Gasteiger partial charge >= 0.3 is 5.63 Å². The standard InChI is InChI=1S/C20H22O5/c1-11-17(21)12(2)19(22)25-18(11)16-9-13-8-14(6-7-15(13)24-16)23-10-20(3,4)5/h6-9,21H,10H2,1-5H3. The van der Waals surface area contributed by atoms with Gasteiger partial charge in [0, 0.05) is 10.9 Å². The fraction of sp³-hybridized carbons (Fsp3) is 0.350. The molecule has 0 aliphatic rings. The first kappa shape index (κ1) is 17.1. The molecule has 0 aliphatic heterocycles. The maximum atomic E-state index is 11.8. The number of rotatable bonds is 3. The van der Waals surface area contributed by atoms with Crippen molar-refractivity contribution in [2.24, 2.45) is 5.41 Å². The van der Waals surface area contributed by atoms with Gasteiger partial charge < -0.3 is 18.7 Å². The zero-order valence-electron chi connectivity index (χ0n) is 15.1. The summed E-state index contributed by atoms with van der Waals surface area (Å²) in [6, 6.07) is 7.32. The third-order valence-corrected chi connectivity index (χ3v) is 3.94. The summed E-state index contributed by atoms with van der Waals surface area (Å²) < 4.78 is 16.9. The predicted molar refractivity (Wildman–Crippen MR) is 96.3 cm³/mol. The number of benzene rings is 1. The van der Waals surface area contributed by atoms with E-state index in [2.05, 4.69) is 20.8 Å². The largest absolute Gasteiger partial charge is 0.507 e. The van der Waals surface area contributed by atoms with Crippen LogP contribution >= 0.6 is 0 Å². The van der Waals surface area contributed by atoms with E-state index in [1.54, 1.807) is 13.0 Å². The molecule has 0 saturated carbocycles. The van der Waals surface area contributed by atoms with Gasteiger partial charge in [0.15, 0.2) is 11.5 Å². The van der Waals surface area contributed by atoms with Crippen molar-refractivity contribution < 1.29 is 18.7 Å². The SMILES string of the molecule is Cc1c(-c2cc3cc(OCC(C)(C)C)ccc3o2)oc(=O)c(C)c1O. The third-order valence-electron chi connectivity index (χ3n) is 3.94. The normalized spacial score (nSPS) is 11.9. The van der Waals surface area contributed by atoms with E-state index in [9.17, 15) is 9.90 Å². The Balaban J connectivity index is 2.01. The summed E-state index contributed by atoms with van der Waals surface area (Å²) in [5.74, 6) is 1.31. The number of aromatic hydroxyl groups is 1. The number of hydrogen-bond donors (Lipinski definition) is 1. The highest BCUT2D eigenvalue weighted by molar-refractivity contribution is 5.84. The van der Waals surface area contributed by atoms with Crippen LogP contribution < -0.4 is 10.4 Å². The highest BCUT2D eigenvalue weighted by Gasteiger charge is 2.18. The molecule has 1 aromatic carbocycles. The zero-order valence-corrected chi connectivity index (χ0v) is 15.1. The van der Waals surface area contributed by atoms with Gasteiger partial charge in [0.2, 0.25) is 0 Å². The van der Waals surface area contributed by atoms with Gasteiger partial charge in [-0.3, -0.25) is 0 Å². The Labute approximate surface area is 145 Å². The monoisotopic (exact) mass is 342 g/mol. The van der Waals surface area contributed by atoms with Gasteiger partial charge in [0.1, 0.15) is 17.1 Å². The second kappa shape index (κ2) is 5.99. The van der Waals surface area contributed by atoms with Gasteiger partial charge in [-0.25, -0.2) is 4.79 Å². The molecule has 1 N–H and O–H groups in total. The zero-order chi connectivity index (χ0) is 18.4. The van der Waals surface area contributed by atoms with E-state index < -0.39 is 5.63 Å². The average Bonchev–Trinajstić information content (AvgIpc) is 2.96. The van der Waals surface area contributed by atoms with Crippen LogP contribution in [0, 0.1) is 19.3 Å². The lowest BCUT2D eigenvalue weighted by Crippen LogP contribution is -2.16. The summed E-state index contributed by atoms with van der Waals surface area (Å²) in [4.78, 5) is 11.8. The lowest BCUT2D eigenvalue weighted by Gasteiger charge is -2.18. The summed E-state index contributed by atoms with van der Waals surface area (Å²) in [5, 5.41) is 10.9. The molecule has 0 spiro atoms. The van der Waals surface area contributed by atoms with Crippen LogP contribution in [0.1, 0.15) is 31.9 Å². The number of furan rings is 1. The van der Waals surface area contributed by atoms with E-state index in [0.29, 0.717) is 23.5 Å². The number of hydrogen-bond acceptors (Lipinski definition) is 5. The van der Waals surface area contributed by atoms with Crippen LogP contribution in [0.2, 0.25) is 0 Å². The molecular weight excluding hydrogens is 320 g/mol. The Bertz CT molecular complexity index is 986. The van der Waals surface area contributed by atoms with Crippen LogP contribution in [-0.4, -0.2) is 11.7 Å². The van der Waals surface area contributed by atoms with Crippen molar-refractivity contribution in [2.75, 3.05) is 6.61 Å². The number of ether oxygens (including phenoxy) is 1. The highest BCUT2D eigenvalue weighted by Crippen LogP contribution is 2.34. The van der Waals surface area contributed by atoms with Crippen molar-refractivity contribution in [3.8, 4) is 23.0 Å². The summed E-state index contributed by atoms with van der Waals surface area (Å²) in [7, 11) is 0. The first-order valence-electron chi connectivity index (χ1n) is 8.16. The highest BCUT2D eigenvalue weighted by atomic mass is 16.5. The summed E-state index contributed by atoms with van der Waals surface area (Å²) in [6.45, 7) is 10.1. The molecule has 2 heterocycles. The molecule has 0 atom stereocenters. The first-order chi connectivity index (χ1) is 11.7. The molecule has 5 heteroatoms. The van der Waals surface area contributed by atoms with E-state index in [1.165, 1.54) is 6.92 Å². The van der Waals surface area contributed by atoms with Crippen LogP contribution in [0.25, 0.3) is 22.5 Å². The van der Waals surface area contributed by atoms with Crippen molar-refractivity contribution >= 4 is 11.0 Å². The molecule has 5 nitrogen and oxygen atoms in total. The summed E-state index contributed by atoms with van der Waals surface area (Å²) >= 11 is 0. The van der Waals surface area contributed by atoms with Crippen molar-refractivity contribution in [1.29, 1.82) is 0 Å². The Morgan fingerprint density at radius 1 is 1.08 bits per heavy atom. The van der Waals surface area contributed by atoms with Gasteiger partial charge in [-0.15, -0.1) is 0 Å². The lowest BCUT2D eigenvalue weighted by atomic mass is 9.99. The van der Waals surface area contributed by atoms with Crippen LogP contribution in [-0.2, 0) is 0 Å². The van der Waals surface area contributed by atoms with Gasteiger partial charge in [0.25, 0.3) is 0 Å². The summed E-state index contributed by atoms with van der Waals surface area (Å²) in [6.07, 6.45) is 0. The molecule has 0 bridgehead atoms. The van der Waals surface area contributed by atoms with Gasteiger partial charge in [-0.2, -0.15) is 0 Å². The van der Waals surface area contributed by atoms with Crippen molar-refractivity contribution in [1.82, 2.24) is 0 Å². The van der Waals surface area contributed by atoms with Crippen LogP contribution in [0.5, 0.6) is 11.5 Å². The Hall–Kier alpha value is -2.69. The molecule has 3 rings (SSSR count). The molecule has 0 unspecified atom stereocenters. The molecular formula is C20H22O5. The lowest BCUT2D eigenvalue weighted by molar-refractivity contribution is 0.198. The fourth-order valence-electron chi connectivity index (χ4n) is 2.49. The molecule has 132 valence electrons. The second-order valence-electron chi connectivity index (χ2n) is 7.48. The molecule has 2 aromatic heterocycles. The van der Waals surface area contributed by atoms with Crippen molar-refractivity contribution in [3.05, 3.63) is 45.8 Å². The van der Waals surface area contributed by atoms with E-state index in [-0.39, 0.29) is 22.5 Å². The van der Waals surface area contributed by atoms with E-state index >= 15 is 0 Å².